The lowest BCUT2D eigenvalue weighted by atomic mass is 9.74. The largest absolute Gasteiger partial charge is 0.611 e. The Morgan fingerprint density at radius 2 is 2.10 bits per heavy atom. The molecule has 0 N–H and O–H groups in total. The number of hydrogen-bond donors (Lipinski definition) is 0. The molecule has 3 rings (SSSR count). The van der Waals surface area contributed by atoms with Crippen LogP contribution in [0, 0.1) is 5.41 Å². The fourth-order valence-electron chi connectivity index (χ4n) is 2.86. The Labute approximate surface area is 131 Å². The van der Waals surface area contributed by atoms with Crippen molar-refractivity contribution in [2.75, 3.05) is 6.26 Å². The fourth-order valence-corrected chi connectivity index (χ4v) is 5.15. The zero-order valence-electron chi connectivity index (χ0n) is 12.3. The summed E-state index contributed by atoms with van der Waals surface area (Å²) in [6, 6.07) is 5.75. The van der Waals surface area contributed by atoms with Gasteiger partial charge in [0, 0.05) is 12.6 Å². The zero-order chi connectivity index (χ0) is 15.2. The van der Waals surface area contributed by atoms with E-state index < -0.39 is 11.2 Å². The minimum Gasteiger partial charge on any atom is -0.611 e. The number of ketones is 1. The van der Waals surface area contributed by atoms with Crippen LogP contribution in [-0.2, 0) is 17.6 Å². The van der Waals surface area contributed by atoms with Crippen LogP contribution in [0.25, 0.3) is 10.6 Å². The Bertz CT molecular complexity index is 690. The summed E-state index contributed by atoms with van der Waals surface area (Å²) in [7, 11) is 0. The maximum Gasteiger partial charge on any atom is 0.218 e. The van der Waals surface area contributed by atoms with Gasteiger partial charge in [-0.3, -0.25) is 9.78 Å². The first-order valence-corrected chi connectivity index (χ1v) is 9.20. The molecule has 0 saturated carbocycles. The molecule has 2 aromatic heterocycles. The molecular formula is C16H17NO2S2. The van der Waals surface area contributed by atoms with Gasteiger partial charge in [-0.2, -0.15) is 0 Å². The number of aromatic nitrogens is 1. The number of thiophene rings is 1. The van der Waals surface area contributed by atoms with Crippen molar-refractivity contribution in [1.82, 2.24) is 4.98 Å². The van der Waals surface area contributed by atoms with E-state index in [4.69, 9.17) is 0 Å². The van der Waals surface area contributed by atoms with Crippen molar-refractivity contribution in [2.45, 2.75) is 30.9 Å². The second kappa shape index (κ2) is 5.23. The molecule has 0 saturated heterocycles. The van der Waals surface area contributed by atoms with Gasteiger partial charge in [-0.05, 0) is 40.7 Å². The molecule has 2 aromatic rings. The number of pyridine rings is 1. The van der Waals surface area contributed by atoms with Gasteiger partial charge >= 0.3 is 0 Å². The van der Waals surface area contributed by atoms with Gasteiger partial charge in [-0.25, -0.2) is 0 Å². The van der Waals surface area contributed by atoms with E-state index in [-0.39, 0.29) is 11.2 Å². The van der Waals surface area contributed by atoms with Gasteiger partial charge in [0.2, 0.25) is 4.21 Å². The molecule has 3 nitrogen and oxygen atoms in total. The maximum atomic E-state index is 12.5. The van der Waals surface area contributed by atoms with Gasteiger partial charge in [0.1, 0.15) is 6.26 Å². The lowest BCUT2D eigenvalue weighted by molar-refractivity contribution is 0.0910. The summed E-state index contributed by atoms with van der Waals surface area (Å²) in [5, 5.41) is 0. The molecule has 0 aliphatic heterocycles. The van der Waals surface area contributed by atoms with Crippen molar-refractivity contribution in [3.05, 3.63) is 35.5 Å². The number of hydrogen-bond acceptors (Lipinski definition) is 4. The molecule has 0 aromatic carbocycles. The first kappa shape index (κ1) is 14.8. The van der Waals surface area contributed by atoms with Crippen LogP contribution < -0.4 is 0 Å². The van der Waals surface area contributed by atoms with E-state index in [1.807, 2.05) is 18.2 Å². The quantitative estimate of drug-likeness (QED) is 0.793. The van der Waals surface area contributed by atoms with Crippen LogP contribution in [0.5, 0.6) is 0 Å². The topological polar surface area (TPSA) is 53.0 Å². The van der Waals surface area contributed by atoms with Gasteiger partial charge in [0.15, 0.2) is 5.78 Å². The molecule has 2 heterocycles. The third-order valence-electron chi connectivity index (χ3n) is 3.71. The highest BCUT2D eigenvalue weighted by molar-refractivity contribution is 7.93. The summed E-state index contributed by atoms with van der Waals surface area (Å²) in [6.45, 7) is 4.21. The first-order valence-electron chi connectivity index (χ1n) is 6.83. The van der Waals surface area contributed by atoms with Crippen LogP contribution in [0.1, 0.15) is 36.2 Å². The Morgan fingerprint density at radius 3 is 2.71 bits per heavy atom. The number of rotatable bonds is 2. The van der Waals surface area contributed by atoms with E-state index in [1.165, 1.54) is 11.3 Å². The number of fused-ring (bicyclic) bond motifs is 1. The lowest BCUT2D eigenvalue weighted by Gasteiger charge is -2.29. The lowest BCUT2D eigenvalue weighted by Crippen LogP contribution is -2.27. The van der Waals surface area contributed by atoms with Gasteiger partial charge in [-0.15, -0.1) is 0 Å². The number of carbonyl (C=O) groups excluding carboxylic acids is 1. The number of Topliss-reactive ketones (excluding diaryl/α,β-unsaturated/α-hetero) is 1. The van der Waals surface area contributed by atoms with E-state index >= 15 is 0 Å². The molecule has 110 valence electrons. The normalized spacial score (nSPS) is 18.4. The minimum absolute atomic E-state index is 0.0544. The van der Waals surface area contributed by atoms with Crippen LogP contribution in [0.3, 0.4) is 0 Å². The van der Waals surface area contributed by atoms with Crippen molar-refractivity contribution in [1.29, 1.82) is 0 Å². The highest BCUT2D eigenvalue weighted by atomic mass is 32.2. The Kier molecular flexibility index (Phi) is 3.67. The molecule has 0 fully saturated rings. The second-order valence-corrected chi connectivity index (χ2v) is 8.78. The van der Waals surface area contributed by atoms with Crippen molar-refractivity contribution in [2.24, 2.45) is 5.41 Å². The molecule has 0 bridgehead atoms. The van der Waals surface area contributed by atoms with Crippen molar-refractivity contribution >= 4 is 28.3 Å². The minimum atomic E-state index is -1.15. The Balaban J connectivity index is 2.24. The predicted octanol–water partition coefficient (Wildman–Crippen LogP) is 3.70. The Hall–Kier alpha value is -1.17. The highest BCUT2D eigenvalue weighted by Gasteiger charge is 2.39. The molecule has 0 spiro atoms. The summed E-state index contributed by atoms with van der Waals surface area (Å²) in [6.07, 6.45) is 4.73. The van der Waals surface area contributed by atoms with Crippen molar-refractivity contribution in [3.63, 3.8) is 0 Å². The molecule has 1 unspecified atom stereocenters. The maximum absolute atomic E-state index is 12.5. The Morgan fingerprint density at radius 1 is 1.33 bits per heavy atom. The third-order valence-corrected chi connectivity index (χ3v) is 6.44. The standard InChI is InChI=1S/C16H17NO2S2/c1-16(2)8-10-13(12(18)9-16)15(21(3)19)20-14(10)11-6-4-5-7-17-11/h4-7H,8-9H2,1-3H3. The molecule has 0 amide bonds. The van der Waals surface area contributed by atoms with Gasteiger partial charge < -0.3 is 4.55 Å². The van der Waals surface area contributed by atoms with Crippen molar-refractivity contribution < 1.29 is 9.35 Å². The molecule has 0 radical (unpaired) electrons. The monoisotopic (exact) mass is 319 g/mol. The van der Waals surface area contributed by atoms with Crippen LogP contribution in [-0.4, -0.2) is 21.6 Å². The van der Waals surface area contributed by atoms with Gasteiger partial charge in [0.25, 0.3) is 0 Å². The highest BCUT2D eigenvalue weighted by Crippen LogP contribution is 2.46. The summed E-state index contributed by atoms with van der Waals surface area (Å²) in [5.41, 5.74) is 2.54. The summed E-state index contributed by atoms with van der Waals surface area (Å²) in [5.74, 6) is 0.116. The average Bonchev–Trinajstić information content (AvgIpc) is 2.78. The third kappa shape index (κ3) is 2.65. The molecule has 1 aliphatic carbocycles. The van der Waals surface area contributed by atoms with Gasteiger partial charge in [0.05, 0.1) is 16.1 Å². The average molecular weight is 319 g/mol. The first-order chi connectivity index (χ1) is 9.89. The SMILES string of the molecule is C[S+]([O-])c1sc(-c2ccccn2)c2c1C(=O)CC(C)(C)C2. The van der Waals surface area contributed by atoms with Gasteiger partial charge in [-0.1, -0.05) is 31.3 Å². The van der Waals surface area contributed by atoms with Crippen LogP contribution in [0.2, 0.25) is 0 Å². The molecule has 5 heteroatoms. The van der Waals surface area contributed by atoms with E-state index in [9.17, 15) is 9.35 Å². The smallest absolute Gasteiger partial charge is 0.218 e. The summed E-state index contributed by atoms with van der Waals surface area (Å²) >= 11 is 0.311. The van der Waals surface area contributed by atoms with Crippen LogP contribution in [0.15, 0.2) is 28.6 Å². The molecular weight excluding hydrogens is 302 g/mol. The molecule has 21 heavy (non-hydrogen) atoms. The second-order valence-electron chi connectivity index (χ2n) is 6.18. The van der Waals surface area contributed by atoms with E-state index in [2.05, 4.69) is 18.8 Å². The molecule has 1 atom stereocenters. The van der Waals surface area contributed by atoms with Crippen molar-refractivity contribution in [3.8, 4) is 10.6 Å². The van der Waals surface area contributed by atoms with E-state index in [0.29, 0.717) is 16.2 Å². The van der Waals surface area contributed by atoms with E-state index in [1.54, 1.807) is 12.5 Å². The van der Waals surface area contributed by atoms with E-state index in [0.717, 1.165) is 22.6 Å². The van der Waals surface area contributed by atoms with Crippen LogP contribution in [0.4, 0.5) is 0 Å². The zero-order valence-corrected chi connectivity index (χ0v) is 13.9. The number of nitrogens with zero attached hydrogens (tertiary/aromatic N) is 1. The van der Waals surface area contributed by atoms with Crippen LogP contribution >= 0.6 is 11.3 Å². The predicted molar refractivity (Wildman–Crippen MR) is 86.3 cm³/mol. The fraction of sp³-hybridized carbons (Fsp3) is 0.375. The summed E-state index contributed by atoms with van der Waals surface area (Å²) in [4.78, 5) is 17.9. The molecule has 1 aliphatic rings. The number of carbonyl (C=O) groups is 1. The summed E-state index contributed by atoms with van der Waals surface area (Å²) < 4.78 is 12.7.